The monoisotopic (exact) mass is 307 g/mol. The number of hydrogen-bond acceptors (Lipinski definition) is 2. The summed E-state index contributed by atoms with van der Waals surface area (Å²) in [6.45, 7) is 6.61. The third-order valence-corrected chi connectivity index (χ3v) is 3.76. The van der Waals surface area contributed by atoms with Gasteiger partial charge in [-0.3, -0.25) is 0 Å². The zero-order valence-corrected chi connectivity index (χ0v) is 12.5. The van der Waals surface area contributed by atoms with Gasteiger partial charge in [0.25, 0.3) is 0 Å². The maximum Gasteiger partial charge on any atom is 0.174 e. The maximum atomic E-state index is 6.23. The molecule has 0 saturated heterocycles. The Morgan fingerprint density at radius 1 is 1.11 bits per heavy atom. The van der Waals surface area contributed by atoms with Gasteiger partial charge in [0, 0.05) is 5.56 Å². The Hall–Kier alpha value is -1.06. The molecule has 18 heavy (non-hydrogen) atoms. The predicted molar refractivity (Wildman–Crippen MR) is 77.6 cm³/mol. The van der Waals surface area contributed by atoms with Crippen molar-refractivity contribution < 1.29 is 4.42 Å². The van der Waals surface area contributed by atoms with Crippen LogP contribution in [0.2, 0.25) is 0 Å². The topological polar surface area (TPSA) is 39.2 Å². The molecule has 1 heterocycles. The largest absolute Gasteiger partial charge is 0.457 e. The molecule has 1 aromatic carbocycles. The minimum absolute atomic E-state index is 0.160. The minimum Gasteiger partial charge on any atom is -0.457 e. The van der Waals surface area contributed by atoms with Gasteiger partial charge in [-0.05, 0) is 38.5 Å². The number of halogens is 1. The van der Waals surface area contributed by atoms with Crippen molar-refractivity contribution in [1.82, 2.24) is 0 Å². The van der Waals surface area contributed by atoms with E-state index in [9.17, 15) is 0 Å². The van der Waals surface area contributed by atoms with Crippen LogP contribution in [0.25, 0.3) is 0 Å². The van der Waals surface area contributed by atoms with E-state index in [1.54, 1.807) is 6.26 Å². The van der Waals surface area contributed by atoms with E-state index in [4.69, 9.17) is 10.2 Å². The fourth-order valence-electron chi connectivity index (χ4n) is 1.90. The predicted octanol–water partition coefficient (Wildman–Crippen LogP) is 4.39. The van der Waals surface area contributed by atoms with E-state index in [1.165, 1.54) is 5.56 Å². The molecule has 2 N–H and O–H groups in total. The first kappa shape index (κ1) is 13.4. The Bertz CT molecular complexity index is 522. The second kappa shape index (κ2) is 4.90. The average Bonchev–Trinajstić information content (AvgIpc) is 2.73. The molecule has 2 nitrogen and oxygen atoms in total. The quantitative estimate of drug-likeness (QED) is 0.894. The molecule has 1 atom stereocenters. The zero-order chi connectivity index (χ0) is 13.3. The molecule has 0 spiro atoms. The molecule has 0 aliphatic rings. The maximum absolute atomic E-state index is 6.23. The van der Waals surface area contributed by atoms with Crippen molar-refractivity contribution in [3.63, 3.8) is 0 Å². The molecule has 0 bridgehead atoms. The van der Waals surface area contributed by atoms with Gasteiger partial charge in [-0.25, -0.2) is 0 Å². The van der Waals surface area contributed by atoms with E-state index in [0.717, 1.165) is 11.1 Å². The molecule has 1 aromatic heterocycles. The summed E-state index contributed by atoms with van der Waals surface area (Å²) in [5, 5.41) is 0. The summed E-state index contributed by atoms with van der Waals surface area (Å²) in [6.07, 6.45) is 1.64. The Balaban J connectivity index is 2.28. The van der Waals surface area contributed by atoms with E-state index in [2.05, 4.69) is 61.0 Å². The molecular formula is C15H18BrNO. The van der Waals surface area contributed by atoms with Gasteiger partial charge >= 0.3 is 0 Å². The Labute approximate surface area is 116 Å². The van der Waals surface area contributed by atoms with Crippen molar-refractivity contribution in [1.29, 1.82) is 0 Å². The van der Waals surface area contributed by atoms with Gasteiger partial charge in [-0.15, -0.1) is 0 Å². The molecule has 0 radical (unpaired) electrons. The van der Waals surface area contributed by atoms with Crippen molar-refractivity contribution in [2.75, 3.05) is 0 Å². The lowest BCUT2D eigenvalue weighted by molar-refractivity contribution is 0.534. The SMILES string of the molecule is CC(C)(C)c1ccc(C(N)c2ccoc2Br)cc1. The van der Waals surface area contributed by atoms with Gasteiger partial charge in [0.1, 0.15) is 0 Å². The first-order valence-electron chi connectivity index (χ1n) is 5.98. The van der Waals surface area contributed by atoms with Crippen LogP contribution in [0.3, 0.4) is 0 Å². The van der Waals surface area contributed by atoms with Crippen LogP contribution in [0.1, 0.15) is 43.5 Å². The highest BCUT2D eigenvalue weighted by molar-refractivity contribution is 9.10. The van der Waals surface area contributed by atoms with Crippen LogP contribution in [0.15, 0.2) is 45.7 Å². The highest BCUT2D eigenvalue weighted by Crippen LogP contribution is 2.29. The molecule has 0 amide bonds. The molecular weight excluding hydrogens is 290 g/mol. The Morgan fingerprint density at radius 3 is 2.17 bits per heavy atom. The first-order chi connectivity index (χ1) is 8.39. The Kier molecular flexibility index (Phi) is 3.64. The normalized spacial score (nSPS) is 13.6. The summed E-state index contributed by atoms with van der Waals surface area (Å²) >= 11 is 3.36. The van der Waals surface area contributed by atoms with Crippen LogP contribution < -0.4 is 5.73 Å². The smallest absolute Gasteiger partial charge is 0.174 e. The van der Waals surface area contributed by atoms with Gasteiger partial charge in [-0.2, -0.15) is 0 Å². The third kappa shape index (κ3) is 2.68. The van der Waals surface area contributed by atoms with Crippen molar-refractivity contribution in [3.05, 3.63) is 58.0 Å². The lowest BCUT2D eigenvalue weighted by Crippen LogP contribution is -2.14. The van der Waals surface area contributed by atoms with Crippen LogP contribution in [0.4, 0.5) is 0 Å². The van der Waals surface area contributed by atoms with E-state index < -0.39 is 0 Å². The van der Waals surface area contributed by atoms with Crippen LogP contribution in [-0.2, 0) is 5.41 Å². The van der Waals surface area contributed by atoms with E-state index in [1.807, 2.05) is 6.07 Å². The summed E-state index contributed by atoms with van der Waals surface area (Å²) in [5.41, 5.74) is 9.77. The molecule has 2 aromatic rings. The molecule has 3 heteroatoms. The van der Waals surface area contributed by atoms with Crippen LogP contribution in [-0.4, -0.2) is 0 Å². The highest BCUT2D eigenvalue weighted by atomic mass is 79.9. The number of furan rings is 1. The summed E-state index contributed by atoms with van der Waals surface area (Å²) in [7, 11) is 0. The standard InChI is InChI=1S/C15H18BrNO/c1-15(2,3)11-6-4-10(5-7-11)13(17)12-8-9-18-14(12)16/h4-9,13H,17H2,1-3H3. The van der Waals surface area contributed by atoms with Gasteiger partial charge in [0.15, 0.2) is 4.67 Å². The lowest BCUT2D eigenvalue weighted by atomic mass is 9.86. The summed E-state index contributed by atoms with van der Waals surface area (Å²) in [6, 6.07) is 10.2. The molecule has 96 valence electrons. The highest BCUT2D eigenvalue weighted by Gasteiger charge is 2.17. The molecule has 0 aliphatic carbocycles. The molecule has 0 aliphatic heterocycles. The van der Waals surface area contributed by atoms with Crippen LogP contribution in [0.5, 0.6) is 0 Å². The molecule has 1 unspecified atom stereocenters. The molecule has 0 fully saturated rings. The van der Waals surface area contributed by atoms with Crippen molar-refractivity contribution in [2.24, 2.45) is 5.73 Å². The van der Waals surface area contributed by atoms with Gasteiger partial charge in [0.2, 0.25) is 0 Å². The van der Waals surface area contributed by atoms with Crippen molar-refractivity contribution >= 4 is 15.9 Å². The zero-order valence-electron chi connectivity index (χ0n) is 10.9. The second-order valence-electron chi connectivity index (χ2n) is 5.50. The molecule has 0 saturated carbocycles. The van der Waals surface area contributed by atoms with E-state index in [0.29, 0.717) is 4.67 Å². The number of nitrogens with two attached hydrogens (primary N) is 1. The Morgan fingerprint density at radius 2 is 1.72 bits per heavy atom. The van der Waals surface area contributed by atoms with Crippen LogP contribution >= 0.6 is 15.9 Å². The number of rotatable bonds is 2. The van der Waals surface area contributed by atoms with E-state index in [-0.39, 0.29) is 11.5 Å². The van der Waals surface area contributed by atoms with Gasteiger partial charge < -0.3 is 10.2 Å². The fraction of sp³-hybridized carbons (Fsp3) is 0.333. The summed E-state index contributed by atoms with van der Waals surface area (Å²) in [4.78, 5) is 0. The number of hydrogen-bond donors (Lipinski definition) is 1. The second-order valence-corrected chi connectivity index (χ2v) is 6.22. The summed E-state index contributed by atoms with van der Waals surface area (Å²) in [5.74, 6) is 0. The van der Waals surface area contributed by atoms with Gasteiger partial charge in [-0.1, -0.05) is 45.0 Å². The third-order valence-electron chi connectivity index (χ3n) is 3.12. The fourth-order valence-corrected chi connectivity index (χ4v) is 2.38. The lowest BCUT2D eigenvalue weighted by Gasteiger charge is -2.20. The van der Waals surface area contributed by atoms with Gasteiger partial charge in [0.05, 0.1) is 12.3 Å². The molecule has 2 rings (SSSR count). The first-order valence-corrected chi connectivity index (χ1v) is 6.78. The van der Waals surface area contributed by atoms with Crippen LogP contribution in [0, 0.1) is 0 Å². The average molecular weight is 308 g/mol. The van der Waals surface area contributed by atoms with E-state index >= 15 is 0 Å². The summed E-state index contributed by atoms with van der Waals surface area (Å²) < 4.78 is 5.93. The van der Waals surface area contributed by atoms with Crippen molar-refractivity contribution in [2.45, 2.75) is 32.2 Å². The van der Waals surface area contributed by atoms with Crippen molar-refractivity contribution in [3.8, 4) is 0 Å². The minimum atomic E-state index is -0.160. The number of benzene rings is 1.